The summed E-state index contributed by atoms with van der Waals surface area (Å²) >= 11 is 4.81. The van der Waals surface area contributed by atoms with Crippen LogP contribution in [0.1, 0.15) is 79.6 Å². The van der Waals surface area contributed by atoms with Gasteiger partial charge in [0, 0.05) is 6.42 Å². The van der Waals surface area contributed by atoms with Crippen LogP contribution in [0.2, 0.25) is 0 Å². The molecule has 0 N–H and O–H groups in total. The molecule has 0 spiro atoms. The van der Waals surface area contributed by atoms with Gasteiger partial charge in [0.1, 0.15) is 0 Å². The summed E-state index contributed by atoms with van der Waals surface area (Å²) in [6.07, 6.45) is 14.5. The van der Waals surface area contributed by atoms with Crippen LogP contribution < -0.4 is 10.2 Å². The minimum absolute atomic E-state index is 0. The first-order chi connectivity index (χ1) is 11.8. The summed E-state index contributed by atoms with van der Waals surface area (Å²) in [4.78, 5) is 0.905. The van der Waals surface area contributed by atoms with Crippen molar-refractivity contribution in [2.75, 3.05) is 0 Å². The standard InChI is InChI=1S/C10H17.C6H6S.2C3H7O.Ti/c1-3-5-7-9-10-8-6-4-2;7-6-4-2-1-3-5-6;2*1-3(2)4;/h3,5-10H2,1H3;1-5,7H;2*3H,1-2H3;/q;;2*-1;+3/p-1. The Morgan fingerprint density at radius 3 is 1.58 bits per heavy atom. The van der Waals surface area contributed by atoms with Crippen molar-refractivity contribution in [2.45, 2.75) is 96.7 Å². The molecule has 0 saturated heterocycles. The summed E-state index contributed by atoms with van der Waals surface area (Å²) in [6, 6.07) is 9.62. The molecule has 0 unspecified atom stereocenters. The molecule has 0 aliphatic carbocycles. The third kappa shape index (κ3) is 56.5. The van der Waals surface area contributed by atoms with Crippen LogP contribution in [0.3, 0.4) is 0 Å². The molecule has 2 radical (unpaired) electrons. The summed E-state index contributed by atoms with van der Waals surface area (Å²) in [7, 11) is 0. The Kier molecular flexibility index (Phi) is 37.6. The summed E-state index contributed by atoms with van der Waals surface area (Å²) in [6.45, 7) is 8.67. The molecular formula is C22H36O2STi. The van der Waals surface area contributed by atoms with Crippen LogP contribution in [-0.4, -0.2) is 12.2 Å². The van der Waals surface area contributed by atoms with E-state index >= 15 is 0 Å². The molecular weight excluding hydrogens is 376 g/mol. The fraction of sp³-hybridized carbons (Fsp3) is 0.636. The Morgan fingerprint density at radius 1 is 0.885 bits per heavy atom. The van der Waals surface area contributed by atoms with Gasteiger partial charge in [-0.1, -0.05) is 103 Å². The van der Waals surface area contributed by atoms with Gasteiger partial charge in [-0.2, -0.15) is 4.90 Å². The first kappa shape index (κ1) is 33.2. The van der Waals surface area contributed by atoms with Crippen LogP contribution in [0.25, 0.3) is 0 Å². The second kappa shape index (κ2) is 29.4. The molecule has 0 amide bonds. The number of benzene rings is 1. The maximum absolute atomic E-state index is 9.53. The molecule has 0 heterocycles. The molecule has 0 atom stereocenters. The van der Waals surface area contributed by atoms with Crippen molar-refractivity contribution in [1.82, 2.24) is 0 Å². The van der Waals surface area contributed by atoms with Crippen molar-refractivity contribution in [1.29, 1.82) is 0 Å². The van der Waals surface area contributed by atoms with Gasteiger partial charge in [0.25, 0.3) is 0 Å². The van der Waals surface area contributed by atoms with Gasteiger partial charge in [-0.3, -0.25) is 0 Å². The summed E-state index contributed by atoms with van der Waals surface area (Å²) in [5.41, 5.74) is 0. The van der Waals surface area contributed by atoms with Gasteiger partial charge in [-0.05, 0) is 12.8 Å². The minimum atomic E-state index is -0.417. The molecule has 0 aromatic heterocycles. The van der Waals surface area contributed by atoms with Crippen molar-refractivity contribution in [3.63, 3.8) is 0 Å². The number of hydrogen-bond donors (Lipinski definition) is 0. The van der Waals surface area contributed by atoms with E-state index in [9.17, 15) is 10.2 Å². The largest absolute Gasteiger partial charge is 3.00 e. The number of unbranched alkanes of at least 4 members (excludes halogenated alkanes) is 6. The summed E-state index contributed by atoms with van der Waals surface area (Å²) in [5.74, 6) is 2.41. The van der Waals surface area contributed by atoms with Gasteiger partial charge in [-0.25, -0.2) is 0 Å². The quantitative estimate of drug-likeness (QED) is 0.301. The monoisotopic (exact) mass is 412 g/mol. The Labute approximate surface area is 183 Å². The molecule has 146 valence electrons. The third-order valence-corrected chi connectivity index (χ3v) is 2.67. The fourth-order valence-corrected chi connectivity index (χ4v) is 1.57. The second-order valence-electron chi connectivity index (χ2n) is 6.11. The number of rotatable bonds is 6. The number of hydrogen-bond acceptors (Lipinski definition) is 3. The third-order valence-electron chi connectivity index (χ3n) is 2.40. The van der Waals surface area contributed by atoms with Crippen LogP contribution in [0, 0.1) is 12.3 Å². The fourth-order valence-electron chi connectivity index (χ4n) is 1.41. The topological polar surface area (TPSA) is 46.1 Å². The Bertz CT molecular complexity index is 364. The first-order valence-electron chi connectivity index (χ1n) is 9.21. The average Bonchev–Trinajstić information content (AvgIpc) is 2.51. The average molecular weight is 412 g/mol. The predicted molar refractivity (Wildman–Crippen MR) is 107 cm³/mol. The molecule has 4 heteroatoms. The molecule has 0 bridgehead atoms. The molecule has 1 rings (SSSR count). The molecule has 26 heavy (non-hydrogen) atoms. The van der Waals surface area contributed by atoms with E-state index in [0.717, 1.165) is 17.7 Å². The van der Waals surface area contributed by atoms with Crippen LogP contribution in [0.15, 0.2) is 35.2 Å². The van der Waals surface area contributed by atoms with Crippen molar-refractivity contribution in [2.24, 2.45) is 0 Å². The maximum Gasteiger partial charge on any atom is 3.00 e. The molecule has 0 aliphatic heterocycles. The van der Waals surface area contributed by atoms with Crippen molar-refractivity contribution < 1.29 is 31.9 Å². The summed E-state index contributed by atoms with van der Waals surface area (Å²) < 4.78 is 0. The van der Waals surface area contributed by atoms with E-state index in [4.69, 9.17) is 19.1 Å². The van der Waals surface area contributed by atoms with Gasteiger partial charge >= 0.3 is 21.7 Å². The van der Waals surface area contributed by atoms with Crippen LogP contribution in [0.4, 0.5) is 0 Å². The van der Waals surface area contributed by atoms with Crippen molar-refractivity contribution >= 4 is 12.6 Å². The van der Waals surface area contributed by atoms with Gasteiger partial charge in [0.15, 0.2) is 0 Å². The molecule has 1 aromatic carbocycles. The van der Waals surface area contributed by atoms with E-state index in [1.807, 2.05) is 30.3 Å². The van der Waals surface area contributed by atoms with E-state index in [1.54, 1.807) is 27.7 Å². The van der Waals surface area contributed by atoms with Gasteiger partial charge in [-0.15, -0.1) is 12.2 Å². The Morgan fingerprint density at radius 2 is 1.27 bits per heavy atom. The van der Waals surface area contributed by atoms with E-state index in [1.165, 1.54) is 32.1 Å². The van der Waals surface area contributed by atoms with Crippen LogP contribution in [-0.2, 0) is 34.3 Å². The minimum Gasteiger partial charge on any atom is -0.852 e. The SMILES string of the molecule is CC(C)[O-].CC(C)[O-].[C]#CCCCCCCCC.[S-]c1ccccc1.[Ti+3]. The van der Waals surface area contributed by atoms with Gasteiger partial charge in [0.05, 0.1) is 0 Å². The Balaban J connectivity index is -0.000000132. The predicted octanol–water partition coefficient (Wildman–Crippen LogP) is 4.43. The zero-order valence-electron chi connectivity index (χ0n) is 17.2. The first-order valence-corrected chi connectivity index (χ1v) is 9.61. The van der Waals surface area contributed by atoms with E-state index in [-0.39, 0.29) is 21.7 Å². The maximum atomic E-state index is 9.53. The molecule has 1 aromatic rings. The van der Waals surface area contributed by atoms with Crippen LogP contribution in [0.5, 0.6) is 0 Å². The van der Waals surface area contributed by atoms with Crippen molar-refractivity contribution in [3.05, 3.63) is 36.8 Å². The second-order valence-corrected chi connectivity index (χ2v) is 6.58. The Hall–Kier alpha value is -0.366. The normalized spacial score (nSPS) is 8.62. The molecule has 0 aliphatic rings. The smallest absolute Gasteiger partial charge is 0.852 e. The van der Waals surface area contributed by atoms with E-state index < -0.39 is 12.2 Å². The molecule has 0 fully saturated rings. The summed E-state index contributed by atoms with van der Waals surface area (Å²) in [5, 5.41) is 19.1. The van der Waals surface area contributed by atoms with Crippen molar-refractivity contribution in [3.8, 4) is 5.92 Å². The van der Waals surface area contributed by atoms with E-state index in [0.29, 0.717) is 0 Å². The van der Waals surface area contributed by atoms with Gasteiger partial charge in [0.2, 0.25) is 0 Å². The van der Waals surface area contributed by atoms with Gasteiger partial charge < -0.3 is 22.8 Å². The zero-order valence-corrected chi connectivity index (χ0v) is 19.6. The van der Waals surface area contributed by atoms with E-state index in [2.05, 4.69) is 12.8 Å². The molecule has 0 saturated carbocycles. The molecule has 2 nitrogen and oxygen atoms in total. The van der Waals surface area contributed by atoms with Crippen LogP contribution >= 0.6 is 0 Å². The zero-order chi connectivity index (χ0) is 19.9.